The summed E-state index contributed by atoms with van der Waals surface area (Å²) < 4.78 is 7.43. The van der Waals surface area contributed by atoms with Crippen molar-refractivity contribution in [2.45, 2.75) is 18.0 Å². The number of carboxylic acids is 1. The molecule has 3 aromatic rings. The van der Waals surface area contributed by atoms with Crippen molar-refractivity contribution in [2.24, 2.45) is 5.16 Å². The summed E-state index contributed by atoms with van der Waals surface area (Å²) in [4.78, 5) is 47.6. The predicted molar refractivity (Wildman–Crippen MR) is 136 cm³/mol. The van der Waals surface area contributed by atoms with E-state index in [4.69, 9.17) is 15.7 Å². The maximum atomic E-state index is 13.0. The van der Waals surface area contributed by atoms with Crippen LogP contribution in [0.25, 0.3) is 5.65 Å². The van der Waals surface area contributed by atoms with E-state index < -0.39 is 29.2 Å². The van der Waals surface area contributed by atoms with Gasteiger partial charge >= 0.3 is 5.65 Å². The van der Waals surface area contributed by atoms with Gasteiger partial charge in [0.05, 0.1) is 17.9 Å². The Labute approximate surface area is 229 Å². The molecule has 1 fully saturated rings. The normalized spacial score (nSPS) is 18.6. The summed E-state index contributed by atoms with van der Waals surface area (Å²) in [7, 11) is 2.25. The first-order chi connectivity index (χ1) is 17.9. The van der Waals surface area contributed by atoms with E-state index in [-0.39, 0.29) is 41.3 Å². The molecule has 38 heavy (non-hydrogen) atoms. The number of fused-ring (bicyclic) bond motifs is 2. The Hall–Kier alpha value is -3.80. The molecule has 2 atom stereocenters. The summed E-state index contributed by atoms with van der Waals surface area (Å²) in [5.41, 5.74) is 6.39. The molecule has 0 unspecified atom stereocenters. The molecule has 18 heteroatoms. The average Bonchev–Trinajstić information content (AvgIpc) is 3.52. The molecule has 0 aromatic carbocycles. The number of anilines is 1. The summed E-state index contributed by atoms with van der Waals surface area (Å²) >= 11 is 2.21. The number of aliphatic hydroxyl groups excluding tert-OH is 1. The average molecular weight is 584 g/mol. The van der Waals surface area contributed by atoms with Crippen LogP contribution in [0.4, 0.5) is 5.13 Å². The van der Waals surface area contributed by atoms with Crippen LogP contribution in [0.5, 0.6) is 0 Å². The number of nitrogens with two attached hydrogens (primary N) is 1. The van der Waals surface area contributed by atoms with Gasteiger partial charge in [0.25, 0.3) is 11.8 Å². The first-order valence-electron chi connectivity index (χ1n) is 10.5. The number of carboxylic acid groups (broad SMARTS) is 1. The Morgan fingerprint density at radius 1 is 1.42 bits per heavy atom. The van der Waals surface area contributed by atoms with E-state index in [1.807, 2.05) is 10.6 Å². The number of oxime groups is 1. The molecule has 2 aliphatic heterocycles. The Bertz CT molecular complexity index is 1420. The number of nitrogen functional groups attached to an aromatic ring is 1. The predicted octanol–water partition coefficient (Wildman–Crippen LogP) is -2.46. The second-order valence-electron chi connectivity index (χ2n) is 7.43. The van der Waals surface area contributed by atoms with Gasteiger partial charge in [-0.2, -0.15) is 9.36 Å². The first-order valence-corrected chi connectivity index (χ1v) is 12.4. The van der Waals surface area contributed by atoms with Gasteiger partial charge in [0.1, 0.15) is 31.3 Å². The van der Waals surface area contributed by atoms with E-state index in [1.165, 1.54) is 18.9 Å². The summed E-state index contributed by atoms with van der Waals surface area (Å²) in [6, 6.07) is 2.64. The standard InChI is InChI=1S/C19H17N9O5S2.CH4O.ClH/c1-33-24-11(14-23-19(20)35-25-14)15(29)22-12-16(30)28-13(18(31)32)9(8-34-17(12)28)7-26-5-6-27-10(26)3-2-4-21-27;1-2;/h2-6,12,17H,7-8H2,1H3,(H3-,20,22,23,25,29,31,32);2H,1H3;1H/b24-11+;;/t12-,17-;;/m1../s1. The molecule has 1 saturated heterocycles. The molecule has 2 amide bonds. The summed E-state index contributed by atoms with van der Waals surface area (Å²) in [5.74, 6) is -2.53. The van der Waals surface area contributed by atoms with Gasteiger partial charge in [0.15, 0.2) is 11.3 Å². The van der Waals surface area contributed by atoms with Crippen LogP contribution < -0.4 is 20.7 Å². The third-order valence-electron chi connectivity index (χ3n) is 5.38. The van der Waals surface area contributed by atoms with Crippen molar-refractivity contribution in [1.82, 2.24) is 29.2 Å². The van der Waals surface area contributed by atoms with Crippen LogP contribution in [0.2, 0.25) is 0 Å². The minimum atomic E-state index is -1.46. The number of amides is 2. The number of rotatable bonds is 7. The Kier molecular flexibility index (Phi) is 9.21. The zero-order valence-electron chi connectivity index (χ0n) is 19.9. The van der Waals surface area contributed by atoms with Gasteiger partial charge in [0, 0.05) is 36.0 Å². The van der Waals surface area contributed by atoms with Crippen LogP contribution in [-0.4, -0.2) is 83.9 Å². The summed E-state index contributed by atoms with van der Waals surface area (Å²) in [6.07, 6.45) is 5.16. The topological polar surface area (TPSA) is 204 Å². The Morgan fingerprint density at radius 2 is 2.18 bits per heavy atom. The van der Waals surface area contributed by atoms with Crippen molar-refractivity contribution in [1.29, 1.82) is 0 Å². The van der Waals surface area contributed by atoms with E-state index in [9.17, 15) is 19.5 Å². The number of carbonyl (C=O) groups excluding carboxylic acids is 3. The second kappa shape index (κ2) is 12.2. The van der Waals surface area contributed by atoms with Crippen LogP contribution in [0.15, 0.2) is 47.1 Å². The SMILES string of the molecule is CO.CO/N=C(/C(=O)N[C@@H]1C(=O)N2C(C(=O)[O-])=C(C[n+]3ccn4ncccc43)CS[C@H]12)c1nsc(N)n1.Cl. The maximum absolute atomic E-state index is 13.0. The van der Waals surface area contributed by atoms with E-state index in [0.29, 0.717) is 11.3 Å². The third kappa shape index (κ3) is 5.26. The van der Waals surface area contributed by atoms with Gasteiger partial charge in [0.2, 0.25) is 11.5 Å². The number of imidazole rings is 1. The molecule has 5 rings (SSSR count). The van der Waals surface area contributed by atoms with Crippen LogP contribution >= 0.6 is 35.7 Å². The van der Waals surface area contributed by atoms with E-state index in [2.05, 4.69) is 24.9 Å². The molecule has 0 saturated carbocycles. The third-order valence-corrected chi connectivity index (χ3v) is 7.26. The van der Waals surface area contributed by atoms with E-state index >= 15 is 0 Å². The van der Waals surface area contributed by atoms with Crippen LogP contribution in [0.1, 0.15) is 5.82 Å². The number of hydrogen-bond acceptors (Lipinski definition) is 13. The highest BCUT2D eigenvalue weighted by molar-refractivity contribution is 8.00. The minimum absolute atomic E-state index is 0. The van der Waals surface area contributed by atoms with Gasteiger partial charge < -0.3 is 30.9 Å². The largest absolute Gasteiger partial charge is 0.543 e. The number of hydrogen-bond donors (Lipinski definition) is 3. The Morgan fingerprint density at radius 3 is 2.84 bits per heavy atom. The number of aliphatic carboxylic acids is 1. The molecule has 2 aliphatic rings. The van der Waals surface area contributed by atoms with Crippen LogP contribution in [0, 0.1) is 0 Å². The van der Waals surface area contributed by atoms with E-state index in [1.54, 1.807) is 29.2 Å². The lowest BCUT2D eigenvalue weighted by atomic mass is 10.0. The minimum Gasteiger partial charge on any atom is -0.543 e. The fourth-order valence-corrected chi connectivity index (χ4v) is 5.66. The second-order valence-corrected chi connectivity index (χ2v) is 9.32. The van der Waals surface area contributed by atoms with Crippen molar-refractivity contribution in [2.75, 3.05) is 25.7 Å². The lowest BCUT2D eigenvalue weighted by Crippen LogP contribution is -2.71. The lowest BCUT2D eigenvalue weighted by Gasteiger charge is -2.50. The molecule has 15 nitrogen and oxygen atoms in total. The van der Waals surface area contributed by atoms with Crippen molar-refractivity contribution in [3.05, 3.63) is 47.8 Å². The smallest absolute Gasteiger partial charge is 0.307 e. The molecule has 202 valence electrons. The number of β-lactam (4-membered cyclic amide) rings is 1. The van der Waals surface area contributed by atoms with Crippen LogP contribution in [0.3, 0.4) is 0 Å². The molecule has 0 bridgehead atoms. The summed E-state index contributed by atoms with van der Waals surface area (Å²) in [5, 5.41) is 29.0. The van der Waals surface area contributed by atoms with Crippen molar-refractivity contribution in [3.8, 4) is 0 Å². The first kappa shape index (κ1) is 28.8. The fourth-order valence-electron chi connectivity index (χ4n) is 3.89. The van der Waals surface area contributed by atoms with Crippen LogP contribution in [-0.2, 0) is 25.8 Å². The quantitative estimate of drug-likeness (QED) is 0.115. The summed E-state index contributed by atoms with van der Waals surface area (Å²) in [6.45, 7) is 0.230. The molecule has 0 aliphatic carbocycles. The Balaban J connectivity index is 0.00000130. The maximum Gasteiger partial charge on any atom is 0.307 e. The number of carbonyl (C=O) groups is 3. The highest BCUT2D eigenvalue weighted by Crippen LogP contribution is 2.40. The fraction of sp³-hybridized carbons (Fsp3) is 0.300. The number of nitrogens with one attached hydrogen (secondary N) is 1. The zero-order valence-corrected chi connectivity index (χ0v) is 22.3. The van der Waals surface area contributed by atoms with Gasteiger partial charge in [-0.15, -0.1) is 28.7 Å². The molecule has 4 N–H and O–H groups in total. The number of aromatic nitrogens is 5. The van der Waals surface area contributed by atoms with Gasteiger partial charge in [-0.3, -0.25) is 14.5 Å². The molecule has 0 radical (unpaired) electrons. The number of thioether (sulfide) groups is 1. The number of aliphatic hydroxyl groups is 1. The molecular formula is C20H22ClN9O6S2. The van der Waals surface area contributed by atoms with Crippen molar-refractivity contribution >= 4 is 70.0 Å². The highest BCUT2D eigenvalue weighted by atomic mass is 35.5. The lowest BCUT2D eigenvalue weighted by molar-refractivity contribution is -0.662. The van der Waals surface area contributed by atoms with Crippen molar-refractivity contribution < 1.29 is 34.0 Å². The molecule has 5 heterocycles. The highest BCUT2D eigenvalue weighted by Gasteiger charge is 2.53. The van der Waals surface area contributed by atoms with E-state index in [0.717, 1.165) is 29.2 Å². The molecule has 0 spiro atoms. The number of halogens is 1. The zero-order chi connectivity index (χ0) is 26.7. The van der Waals surface area contributed by atoms with Gasteiger partial charge in [-0.05, 0) is 6.07 Å². The molecule has 3 aromatic heterocycles. The van der Waals surface area contributed by atoms with Crippen molar-refractivity contribution in [3.63, 3.8) is 0 Å². The van der Waals surface area contributed by atoms with Gasteiger partial charge in [-0.1, -0.05) is 10.3 Å². The monoisotopic (exact) mass is 583 g/mol. The number of nitrogens with zero attached hydrogens (tertiary/aromatic N) is 7. The molecular weight excluding hydrogens is 562 g/mol. The van der Waals surface area contributed by atoms with Gasteiger partial charge in [-0.25, -0.2) is 4.57 Å².